The highest BCUT2D eigenvalue weighted by atomic mass is 19.1. The number of halogens is 2. The number of rotatable bonds is 2. The number of anilines is 2. The summed E-state index contributed by atoms with van der Waals surface area (Å²) in [5, 5.41) is 3.05. The summed E-state index contributed by atoms with van der Waals surface area (Å²) in [6.45, 7) is 2.15. The fourth-order valence-electron chi connectivity index (χ4n) is 1.94. The van der Waals surface area contributed by atoms with Gasteiger partial charge in [-0.05, 0) is 24.8 Å². The predicted octanol–water partition coefficient (Wildman–Crippen LogP) is 2.76. The van der Waals surface area contributed by atoms with Crippen LogP contribution in [-0.4, -0.2) is 6.04 Å². The van der Waals surface area contributed by atoms with E-state index in [-0.39, 0.29) is 5.69 Å². The molecule has 0 radical (unpaired) electrons. The largest absolute Gasteiger partial charge is 0.395 e. The number of nitrogens with two attached hydrogens (primary N) is 1. The van der Waals surface area contributed by atoms with Crippen LogP contribution in [0.4, 0.5) is 20.2 Å². The van der Waals surface area contributed by atoms with Crippen LogP contribution in [0.3, 0.4) is 0 Å². The number of hydrogen-bond donors (Lipinski definition) is 2. The fourth-order valence-corrected chi connectivity index (χ4v) is 1.94. The van der Waals surface area contributed by atoms with Gasteiger partial charge in [-0.15, -0.1) is 0 Å². The second kappa shape index (κ2) is 3.68. The lowest BCUT2D eigenvalue weighted by molar-refractivity contribution is 0.309. The molecule has 0 aliphatic heterocycles. The molecule has 82 valence electrons. The maximum absolute atomic E-state index is 13.1. The molecule has 1 aromatic carbocycles. The van der Waals surface area contributed by atoms with Gasteiger partial charge in [-0.2, -0.15) is 0 Å². The van der Waals surface area contributed by atoms with E-state index in [1.165, 1.54) is 6.07 Å². The number of benzene rings is 1. The van der Waals surface area contributed by atoms with Gasteiger partial charge in [0, 0.05) is 12.1 Å². The third-order valence-corrected chi connectivity index (χ3v) is 2.83. The van der Waals surface area contributed by atoms with E-state index in [9.17, 15) is 8.78 Å². The minimum atomic E-state index is -0.704. The Bertz CT molecular complexity index is 373. The summed E-state index contributed by atoms with van der Waals surface area (Å²) < 4.78 is 26.0. The second-order valence-corrected chi connectivity index (χ2v) is 4.27. The Morgan fingerprint density at radius 3 is 2.60 bits per heavy atom. The SMILES string of the molecule is CC1CC(Nc2cc(F)cc(F)c2N)C1. The molecule has 0 heterocycles. The molecule has 3 N–H and O–H groups in total. The van der Waals surface area contributed by atoms with E-state index in [0.29, 0.717) is 17.6 Å². The molecule has 4 heteroatoms. The van der Waals surface area contributed by atoms with E-state index in [1.54, 1.807) is 0 Å². The second-order valence-electron chi connectivity index (χ2n) is 4.27. The zero-order valence-corrected chi connectivity index (χ0v) is 8.56. The Morgan fingerprint density at radius 2 is 2.00 bits per heavy atom. The van der Waals surface area contributed by atoms with Gasteiger partial charge in [0.15, 0.2) is 5.82 Å². The van der Waals surface area contributed by atoms with Crippen LogP contribution in [0, 0.1) is 17.6 Å². The first-order chi connectivity index (χ1) is 7.06. The highest BCUT2D eigenvalue weighted by molar-refractivity contribution is 5.67. The monoisotopic (exact) mass is 212 g/mol. The molecule has 0 bridgehead atoms. The molecule has 0 saturated heterocycles. The minimum Gasteiger partial charge on any atom is -0.395 e. The molecular formula is C11H14F2N2. The van der Waals surface area contributed by atoms with Crippen molar-refractivity contribution in [1.82, 2.24) is 0 Å². The molecule has 0 unspecified atom stereocenters. The van der Waals surface area contributed by atoms with E-state index in [0.717, 1.165) is 18.9 Å². The van der Waals surface area contributed by atoms with E-state index >= 15 is 0 Å². The van der Waals surface area contributed by atoms with Gasteiger partial charge in [-0.1, -0.05) is 6.92 Å². The van der Waals surface area contributed by atoms with Gasteiger partial charge in [0.2, 0.25) is 0 Å². The number of hydrogen-bond acceptors (Lipinski definition) is 2. The van der Waals surface area contributed by atoms with Crippen LogP contribution < -0.4 is 11.1 Å². The molecular weight excluding hydrogens is 198 g/mol. The summed E-state index contributed by atoms with van der Waals surface area (Å²) in [5.74, 6) is -0.622. The van der Waals surface area contributed by atoms with Crippen molar-refractivity contribution in [2.45, 2.75) is 25.8 Å². The van der Waals surface area contributed by atoms with E-state index in [4.69, 9.17) is 5.73 Å². The predicted molar refractivity (Wildman–Crippen MR) is 56.6 cm³/mol. The zero-order chi connectivity index (χ0) is 11.0. The van der Waals surface area contributed by atoms with E-state index < -0.39 is 11.6 Å². The molecule has 0 atom stereocenters. The van der Waals surface area contributed by atoms with Crippen LogP contribution in [0.15, 0.2) is 12.1 Å². The summed E-state index contributed by atoms with van der Waals surface area (Å²) in [7, 11) is 0. The van der Waals surface area contributed by atoms with Gasteiger partial charge in [-0.25, -0.2) is 8.78 Å². The van der Waals surface area contributed by atoms with Crippen molar-refractivity contribution in [3.63, 3.8) is 0 Å². The van der Waals surface area contributed by atoms with Crippen LogP contribution >= 0.6 is 0 Å². The first-order valence-corrected chi connectivity index (χ1v) is 5.07. The maximum atomic E-state index is 13.1. The molecule has 0 spiro atoms. The van der Waals surface area contributed by atoms with Crippen molar-refractivity contribution >= 4 is 11.4 Å². The van der Waals surface area contributed by atoms with Gasteiger partial charge in [0.05, 0.1) is 11.4 Å². The first kappa shape index (κ1) is 10.2. The number of nitrogens with one attached hydrogen (secondary N) is 1. The van der Waals surface area contributed by atoms with Gasteiger partial charge >= 0.3 is 0 Å². The molecule has 1 saturated carbocycles. The van der Waals surface area contributed by atoms with Crippen LogP contribution in [0.2, 0.25) is 0 Å². The van der Waals surface area contributed by atoms with Gasteiger partial charge in [-0.3, -0.25) is 0 Å². The van der Waals surface area contributed by atoms with Crippen molar-refractivity contribution in [2.75, 3.05) is 11.1 Å². The summed E-state index contributed by atoms with van der Waals surface area (Å²) in [4.78, 5) is 0. The molecule has 2 nitrogen and oxygen atoms in total. The normalized spacial score (nSPS) is 24.7. The highest BCUT2D eigenvalue weighted by Gasteiger charge is 2.25. The lowest BCUT2D eigenvalue weighted by atomic mass is 9.82. The van der Waals surface area contributed by atoms with Crippen LogP contribution in [0.25, 0.3) is 0 Å². The Balaban J connectivity index is 2.13. The van der Waals surface area contributed by atoms with Crippen molar-refractivity contribution in [3.05, 3.63) is 23.8 Å². The summed E-state index contributed by atoms with van der Waals surface area (Å²) >= 11 is 0. The Kier molecular flexibility index (Phi) is 2.50. The van der Waals surface area contributed by atoms with Crippen molar-refractivity contribution < 1.29 is 8.78 Å². The third-order valence-electron chi connectivity index (χ3n) is 2.83. The Labute approximate surface area is 87.5 Å². The van der Waals surface area contributed by atoms with Crippen molar-refractivity contribution in [2.24, 2.45) is 5.92 Å². The molecule has 0 amide bonds. The topological polar surface area (TPSA) is 38.0 Å². The quantitative estimate of drug-likeness (QED) is 0.740. The van der Waals surface area contributed by atoms with Crippen molar-refractivity contribution in [1.29, 1.82) is 0 Å². The van der Waals surface area contributed by atoms with Crippen LogP contribution in [-0.2, 0) is 0 Å². The summed E-state index contributed by atoms with van der Waals surface area (Å²) in [6, 6.07) is 2.33. The molecule has 1 aliphatic rings. The molecule has 0 aromatic heterocycles. The number of nitrogen functional groups attached to an aromatic ring is 1. The molecule has 1 fully saturated rings. The smallest absolute Gasteiger partial charge is 0.151 e. The minimum absolute atomic E-state index is 0.00375. The first-order valence-electron chi connectivity index (χ1n) is 5.07. The van der Waals surface area contributed by atoms with Gasteiger partial charge in [0.25, 0.3) is 0 Å². The van der Waals surface area contributed by atoms with Crippen molar-refractivity contribution in [3.8, 4) is 0 Å². The fraction of sp³-hybridized carbons (Fsp3) is 0.455. The van der Waals surface area contributed by atoms with E-state index in [2.05, 4.69) is 12.2 Å². The standard InChI is InChI=1S/C11H14F2N2/c1-6-2-8(3-6)15-10-5-7(12)4-9(13)11(10)14/h4-6,8,15H,2-3,14H2,1H3. The van der Waals surface area contributed by atoms with Crippen LogP contribution in [0.1, 0.15) is 19.8 Å². The van der Waals surface area contributed by atoms with E-state index in [1.807, 2.05) is 0 Å². The summed E-state index contributed by atoms with van der Waals surface area (Å²) in [5.41, 5.74) is 5.87. The average Bonchev–Trinajstić information content (AvgIpc) is 2.10. The third kappa shape index (κ3) is 2.03. The Hall–Kier alpha value is -1.32. The molecule has 2 rings (SSSR count). The lowest BCUT2D eigenvalue weighted by Gasteiger charge is -2.34. The van der Waals surface area contributed by atoms with Gasteiger partial charge < -0.3 is 11.1 Å². The molecule has 1 aromatic rings. The lowest BCUT2D eigenvalue weighted by Crippen LogP contribution is -2.34. The summed E-state index contributed by atoms with van der Waals surface area (Å²) in [6.07, 6.45) is 2.05. The average molecular weight is 212 g/mol. The maximum Gasteiger partial charge on any atom is 0.151 e. The highest BCUT2D eigenvalue weighted by Crippen LogP contribution is 2.32. The van der Waals surface area contributed by atoms with Crippen LogP contribution in [0.5, 0.6) is 0 Å². The van der Waals surface area contributed by atoms with Gasteiger partial charge in [0.1, 0.15) is 5.82 Å². The molecule has 1 aliphatic carbocycles. The molecule has 15 heavy (non-hydrogen) atoms. The zero-order valence-electron chi connectivity index (χ0n) is 8.56. The Morgan fingerprint density at radius 1 is 1.33 bits per heavy atom.